The summed E-state index contributed by atoms with van der Waals surface area (Å²) in [7, 11) is 1.94. The lowest BCUT2D eigenvalue weighted by molar-refractivity contribution is 0.604. The average molecular weight is 208 g/mol. The van der Waals surface area contributed by atoms with E-state index in [9.17, 15) is 0 Å². The summed E-state index contributed by atoms with van der Waals surface area (Å²) in [5.41, 5.74) is 8.30. The summed E-state index contributed by atoms with van der Waals surface area (Å²) < 4.78 is 1.85. The molecule has 1 aromatic rings. The van der Waals surface area contributed by atoms with Crippen molar-refractivity contribution in [1.29, 1.82) is 0 Å². The van der Waals surface area contributed by atoms with Gasteiger partial charge in [0.2, 0.25) is 0 Å². The minimum absolute atomic E-state index is 0.489. The van der Waals surface area contributed by atoms with E-state index in [1.807, 2.05) is 11.7 Å². The van der Waals surface area contributed by atoms with Crippen LogP contribution >= 0.6 is 0 Å². The Morgan fingerprint density at radius 1 is 1.53 bits per heavy atom. The first-order valence-corrected chi connectivity index (χ1v) is 5.61. The first-order valence-electron chi connectivity index (χ1n) is 5.61. The van der Waals surface area contributed by atoms with E-state index in [0.717, 1.165) is 30.2 Å². The molecular weight excluding hydrogens is 188 g/mol. The van der Waals surface area contributed by atoms with Gasteiger partial charge in [-0.25, -0.2) is 0 Å². The van der Waals surface area contributed by atoms with Gasteiger partial charge in [0.15, 0.2) is 0 Å². The summed E-state index contributed by atoms with van der Waals surface area (Å²) in [5.74, 6) is 0.972. The van der Waals surface area contributed by atoms with Crippen LogP contribution in [0, 0.1) is 5.41 Å². The van der Waals surface area contributed by atoms with E-state index >= 15 is 0 Å². The Bertz CT molecular complexity index is 363. The van der Waals surface area contributed by atoms with Crippen LogP contribution in [0.2, 0.25) is 0 Å². The van der Waals surface area contributed by atoms with Crippen molar-refractivity contribution >= 4 is 11.5 Å². The fraction of sp³-hybridized carbons (Fsp3) is 0.727. The highest BCUT2D eigenvalue weighted by molar-refractivity contribution is 5.65. The zero-order valence-electron chi connectivity index (χ0n) is 9.80. The van der Waals surface area contributed by atoms with Gasteiger partial charge in [0.25, 0.3) is 0 Å². The first kappa shape index (κ1) is 10.3. The molecule has 0 aromatic carbocycles. The van der Waals surface area contributed by atoms with Crippen LogP contribution in [0.3, 0.4) is 0 Å². The van der Waals surface area contributed by atoms with Crippen molar-refractivity contribution in [2.24, 2.45) is 12.5 Å². The molecule has 1 saturated carbocycles. The largest absolute Gasteiger partial charge is 0.394 e. The molecular formula is C11H20N4. The Balaban J connectivity index is 2.09. The fourth-order valence-electron chi connectivity index (χ4n) is 1.75. The monoisotopic (exact) mass is 208 g/mol. The third kappa shape index (κ3) is 1.94. The molecule has 0 saturated heterocycles. The molecule has 0 bridgehead atoms. The fourth-order valence-corrected chi connectivity index (χ4v) is 1.75. The molecule has 4 nitrogen and oxygen atoms in total. The van der Waals surface area contributed by atoms with Crippen molar-refractivity contribution in [2.45, 2.75) is 33.1 Å². The second-order valence-corrected chi connectivity index (χ2v) is 4.85. The summed E-state index contributed by atoms with van der Waals surface area (Å²) in [6.45, 7) is 5.37. The van der Waals surface area contributed by atoms with Crippen LogP contribution in [-0.2, 0) is 13.5 Å². The predicted molar refractivity (Wildman–Crippen MR) is 62.8 cm³/mol. The van der Waals surface area contributed by atoms with Gasteiger partial charge in [0.05, 0.1) is 11.4 Å². The van der Waals surface area contributed by atoms with Gasteiger partial charge < -0.3 is 11.1 Å². The maximum Gasteiger partial charge on any atom is 0.147 e. The standard InChI is InChI=1S/C11H20N4/c1-4-8-9(12)10(15(3)14-8)13-7-11(2)5-6-11/h13H,4-7,12H2,1-3H3. The normalized spacial score (nSPS) is 17.8. The molecule has 2 rings (SSSR count). The van der Waals surface area contributed by atoms with Gasteiger partial charge in [-0.2, -0.15) is 5.10 Å². The van der Waals surface area contributed by atoms with Gasteiger partial charge in [0, 0.05) is 13.6 Å². The smallest absolute Gasteiger partial charge is 0.147 e. The number of nitrogens with two attached hydrogens (primary N) is 1. The van der Waals surface area contributed by atoms with Crippen LogP contribution in [0.5, 0.6) is 0 Å². The SMILES string of the molecule is CCc1nn(C)c(NCC2(C)CC2)c1N. The number of hydrogen-bond donors (Lipinski definition) is 2. The number of anilines is 2. The lowest BCUT2D eigenvalue weighted by Crippen LogP contribution is -2.14. The highest BCUT2D eigenvalue weighted by Crippen LogP contribution is 2.45. The van der Waals surface area contributed by atoms with E-state index < -0.39 is 0 Å². The van der Waals surface area contributed by atoms with Crippen molar-refractivity contribution in [2.75, 3.05) is 17.6 Å². The Morgan fingerprint density at radius 2 is 2.20 bits per heavy atom. The van der Waals surface area contributed by atoms with Crippen LogP contribution < -0.4 is 11.1 Å². The molecule has 1 aliphatic rings. The summed E-state index contributed by atoms with van der Waals surface area (Å²) in [4.78, 5) is 0. The second-order valence-electron chi connectivity index (χ2n) is 4.85. The molecule has 1 heterocycles. The molecule has 0 radical (unpaired) electrons. The molecule has 0 spiro atoms. The molecule has 0 unspecified atom stereocenters. The molecule has 0 amide bonds. The summed E-state index contributed by atoms with van der Waals surface area (Å²) in [5, 5.41) is 7.79. The minimum atomic E-state index is 0.489. The topological polar surface area (TPSA) is 55.9 Å². The number of hydrogen-bond acceptors (Lipinski definition) is 3. The van der Waals surface area contributed by atoms with Crippen molar-refractivity contribution in [3.8, 4) is 0 Å². The molecule has 1 fully saturated rings. The maximum atomic E-state index is 6.02. The molecule has 84 valence electrons. The molecule has 0 aliphatic heterocycles. The summed E-state index contributed by atoms with van der Waals surface area (Å²) >= 11 is 0. The van der Waals surface area contributed by atoms with Crippen LogP contribution in [0.25, 0.3) is 0 Å². The number of aryl methyl sites for hydroxylation is 2. The van der Waals surface area contributed by atoms with E-state index in [0.29, 0.717) is 5.41 Å². The highest BCUT2D eigenvalue weighted by Gasteiger charge is 2.37. The number of nitrogen functional groups attached to an aromatic ring is 1. The minimum Gasteiger partial charge on any atom is -0.394 e. The number of rotatable bonds is 4. The zero-order chi connectivity index (χ0) is 11.1. The molecule has 1 aliphatic carbocycles. The van der Waals surface area contributed by atoms with Crippen molar-refractivity contribution in [1.82, 2.24) is 9.78 Å². The van der Waals surface area contributed by atoms with Crippen LogP contribution in [0.15, 0.2) is 0 Å². The Kier molecular flexibility index (Phi) is 2.37. The molecule has 1 aromatic heterocycles. The molecule has 3 N–H and O–H groups in total. The predicted octanol–water partition coefficient (Wildman–Crippen LogP) is 1.78. The molecule has 4 heteroatoms. The lowest BCUT2D eigenvalue weighted by atomic mass is 10.1. The van der Waals surface area contributed by atoms with Gasteiger partial charge >= 0.3 is 0 Å². The first-order chi connectivity index (χ1) is 7.06. The summed E-state index contributed by atoms with van der Waals surface area (Å²) in [6.07, 6.45) is 3.52. The van der Waals surface area contributed by atoms with Crippen LogP contribution in [0.4, 0.5) is 11.5 Å². The second kappa shape index (κ2) is 3.43. The van der Waals surface area contributed by atoms with Gasteiger partial charge in [-0.15, -0.1) is 0 Å². The number of aromatic nitrogens is 2. The molecule has 15 heavy (non-hydrogen) atoms. The number of nitrogens with zero attached hydrogens (tertiary/aromatic N) is 2. The van der Waals surface area contributed by atoms with Crippen molar-refractivity contribution in [3.05, 3.63) is 5.69 Å². The quantitative estimate of drug-likeness (QED) is 0.793. The number of nitrogens with one attached hydrogen (secondary N) is 1. The van der Waals surface area contributed by atoms with E-state index in [1.54, 1.807) is 0 Å². The third-order valence-electron chi connectivity index (χ3n) is 3.28. The lowest BCUT2D eigenvalue weighted by Gasteiger charge is -2.11. The maximum absolute atomic E-state index is 6.02. The Morgan fingerprint density at radius 3 is 2.67 bits per heavy atom. The van der Waals surface area contributed by atoms with Crippen LogP contribution in [0.1, 0.15) is 32.4 Å². The van der Waals surface area contributed by atoms with E-state index in [-0.39, 0.29) is 0 Å². The zero-order valence-corrected chi connectivity index (χ0v) is 9.80. The van der Waals surface area contributed by atoms with Gasteiger partial charge in [-0.05, 0) is 24.7 Å². The Hall–Kier alpha value is -1.19. The molecule has 0 atom stereocenters. The van der Waals surface area contributed by atoms with E-state index in [4.69, 9.17) is 5.73 Å². The van der Waals surface area contributed by atoms with Crippen molar-refractivity contribution in [3.63, 3.8) is 0 Å². The van der Waals surface area contributed by atoms with Crippen LogP contribution in [-0.4, -0.2) is 16.3 Å². The highest BCUT2D eigenvalue weighted by atomic mass is 15.3. The van der Waals surface area contributed by atoms with E-state index in [2.05, 4.69) is 24.3 Å². The van der Waals surface area contributed by atoms with Gasteiger partial charge in [0.1, 0.15) is 5.82 Å². The van der Waals surface area contributed by atoms with E-state index in [1.165, 1.54) is 12.8 Å². The third-order valence-corrected chi connectivity index (χ3v) is 3.28. The Labute approximate surface area is 90.8 Å². The van der Waals surface area contributed by atoms with Gasteiger partial charge in [-0.1, -0.05) is 13.8 Å². The van der Waals surface area contributed by atoms with Gasteiger partial charge in [-0.3, -0.25) is 4.68 Å². The average Bonchev–Trinajstić information content (AvgIpc) is 2.86. The van der Waals surface area contributed by atoms with Crippen molar-refractivity contribution < 1.29 is 0 Å². The summed E-state index contributed by atoms with van der Waals surface area (Å²) in [6, 6.07) is 0.